The van der Waals surface area contributed by atoms with Gasteiger partial charge in [0.05, 0.1) is 24.3 Å². The monoisotopic (exact) mass is 361 g/mol. The standard InChI is InChI=1S/C15H21BrClNO2/c1-19-15-3-2-12(10-14(15)16)11-18-7-4-13(5-8-18)20-9-6-17/h2-3,10,13H,4-9,11H2,1H3. The molecule has 3 nitrogen and oxygen atoms in total. The third-order valence-corrected chi connectivity index (χ3v) is 4.36. The Morgan fingerprint density at radius 2 is 2.10 bits per heavy atom. The van der Waals surface area contributed by atoms with E-state index in [4.69, 9.17) is 21.1 Å². The summed E-state index contributed by atoms with van der Waals surface area (Å²) < 4.78 is 12.0. The molecule has 0 N–H and O–H groups in total. The number of methoxy groups -OCH3 is 1. The molecule has 1 aromatic carbocycles. The molecule has 20 heavy (non-hydrogen) atoms. The smallest absolute Gasteiger partial charge is 0.133 e. The van der Waals surface area contributed by atoms with E-state index in [9.17, 15) is 0 Å². The van der Waals surface area contributed by atoms with Crippen molar-refractivity contribution in [3.8, 4) is 5.75 Å². The second kappa shape index (κ2) is 8.23. The van der Waals surface area contributed by atoms with Gasteiger partial charge >= 0.3 is 0 Å². The molecule has 0 saturated carbocycles. The number of rotatable bonds is 6. The van der Waals surface area contributed by atoms with Crippen LogP contribution in [0, 0.1) is 0 Å². The number of ether oxygens (including phenoxy) is 2. The lowest BCUT2D eigenvalue weighted by Gasteiger charge is -2.31. The predicted molar refractivity (Wildman–Crippen MR) is 85.7 cm³/mol. The lowest BCUT2D eigenvalue weighted by Crippen LogP contribution is -2.36. The maximum absolute atomic E-state index is 5.70. The van der Waals surface area contributed by atoms with Crippen LogP contribution in [0.4, 0.5) is 0 Å². The zero-order valence-electron chi connectivity index (χ0n) is 11.8. The number of halogens is 2. The molecule has 1 heterocycles. The molecule has 0 unspecified atom stereocenters. The van der Waals surface area contributed by atoms with E-state index in [0.717, 1.165) is 42.7 Å². The number of hydrogen-bond acceptors (Lipinski definition) is 3. The van der Waals surface area contributed by atoms with Gasteiger partial charge < -0.3 is 9.47 Å². The molecule has 5 heteroatoms. The van der Waals surface area contributed by atoms with Crippen molar-refractivity contribution in [3.63, 3.8) is 0 Å². The van der Waals surface area contributed by atoms with Crippen LogP contribution in [0.2, 0.25) is 0 Å². The minimum Gasteiger partial charge on any atom is -0.496 e. The van der Waals surface area contributed by atoms with Gasteiger partial charge in [-0.25, -0.2) is 0 Å². The number of nitrogens with zero attached hydrogens (tertiary/aromatic N) is 1. The van der Waals surface area contributed by atoms with E-state index >= 15 is 0 Å². The topological polar surface area (TPSA) is 21.7 Å². The van der Waals surface area contributed by atoms with Crippen molar-refractivity contribution in [2.45, 2.75) is 25.5 Å². The van der Waals surface area contributed by atoms with Gasteiger partial charge in [0.1, 0.15) is 5.75 Å². The van der Waals surface area contributed by atoms with Crippen LogP contribution in [0.1, 0.15) is 18.4 Å². The molecule has 1 saturated heterocycles. The zero-order chi connectivity index (χ0) is 14.4. The fourth-order valence-corrected chi connectivity index (χ4v) is 3.19. The highest BCUT2D eigenvalue weighted by Crippen LogP contribution is 2.26. The minimum atomic E-state index is 0.382. The molecule has 1 fully saturated rings. The van der Waals surface area contributed by atoms with Crippen LogP contribution in [-0.4, -0.2) is 43.7 Å². The number of likely N-dealkylation sites (tertiary alicyclic amines) is 1. The third-order valence-electron chi connectivity index (χ3n) is 3.59. The Bertz CT molecular complexity index is 422. The molecular formula is C15H21BrClNO2. The fourth-order valence-electron chi connectivity index (χ4n) is 2.51. The predicted octanol–water partition coefficient (Wildman–Crippen LogP) is 3.68. The summed E-state index contributed by atoms with van der Waals surface area (Å²) >= 11 is 9.18. The number of alkyl halides is 1. The van der Waals surface area contributed by atoms with Crippen molar-refractivity contribution in [2.24, 2.45) is 0 Å². The minimum absolute atomic E-state index is 0.382. The van der Waals surface area contributed by atoms with Crippen LogP contribution in [-0.2, 0) is 11.3 Å². The first-order valence-corrected chi connectivity index (χ1v) is 8.28. The van der Waals surface area contributed by atoms with E-state index in [1.54, 1.807) is 7.11 Å². The molecule has 1 aliphatic heterocycles. The van der Waals surface area contributed by atoms with Crippen LogP contribution < -0.4 is 4.74 Å². The summed E-state index contributed by atoms with van der Waals surface area (Å²) in [4.78, 5) is 2.47. The van der Waals surface area contributed by atoms with Gasteiger partial charge in [-0.3, -0.25) is 4.90 Å². The molecular weight excluding hydrogens is 342 g/mol. The lowest BCUT2D eigenvalue weighted by molar-refractivity contribution is 0.0134. The van der Waals surface area contributed by atoms with E-state index < -0.39 is 0 Å². The third kappa shape index (κ3) is 4.62. The maximum Gasteiger partial charge on any atom is 0.133 e. The van der Waals surface area contributed by atoms with Crippen LogP contribution in [0.15, 0.2) is 22.7 Å². The second-order valence-electron chi connectivity index (χ2n) is 5.00. The van der Waals surface area contributed by atoms with E-state index in [2.05, 4.69) is 33.0 Å². The Morgan fingerprint density at radius 1 is 1.35 bits per heavy atom. The van der Waals surface area contributed by atoms with Crippen molar-refractivity contribution in [3.05, 3.63) is 28.2 Å². The molecule has 2 rings (SSSR count). The highest BCUT2D eigenvalue weighted by molar-refractivity contribution is 9.10. The first-order chi connectivity index (χ1) is 9.72. The Labute approximate surface area is 134 Å². The molecule has 0 bridgehead atoms. The van der Waals surface area contributed by atoms with Gasteiger partial charge in [0.15, 0.2) is 0 Å². The van der Waals surface area contributed by atoms with Crippen LogP contribution in [0.25, 0.3) is 0 Å². The van der Waals surface area contributed by atoms with Gasteiger partial charge in [0.25, 0.3) is 0 Å². The summed E-state index contributed by atoms with van der Waals surface area (Å²) in [5, 5.41) is 0. The lowest BCUT2D eigenvalue weighted by atomic mass is 10.1. The number of piperidine rings is 1. The van der Waals surface area contributed by atoms with Crippen LogP contribution in [0.3, 0.4) is 0 Å². The molecule has 0 atom stereocenters. The molecule has 0 spiro atoms. The Morgan fingerprint density at radius 3 is 2.70 bits per heavy atom. The van der Waals surface area contributed by atoms with Crippen molar-refractivity contribution < 1.29 is 9.47 Å². The number of hydrogen-bond donors (Lipinski definition) is 0. The highest BCUT2D eigenvalue weighted by Gasteiger charge is 2.19. The molecule has 0 amide bonds. The van der Waals surface area contributed by atoms with Gasteiger partial charge in [-0.05, 0) is 46.5 Å². The summed E-state index contributed by atoms with van der Waals surface area (Å²) in [6.07, 6.45) is 2.57. The van der Waals surface area contributed by atoms with E-state index in [1.807, 2.05) is 6.07 Å². The second-order valence-corrected chi connectivity index (χ2v) is 6.24. The summed E-state index contributed by atoms with van der Waals surface area (Å²) in [7, 11) is 1.69. The van der Waals surface area contributed by atoms with Gasteiger partial charge in [-0.2, -0.15) is 0 Å². The van der Waals surface area contributed by atoms with Gasteiger partial charge in [0, 0.05) is 25.5 Å². The molecule has 0 radical (unpaired) electrons. The van der Waals surface area contributed by atoms with Crippen molar-refractivity contribution >= 4 is 27.5 Å². The first-order valence-electron chi connectivity index (χ1n) is 6.95. The van der Waals surface area contributed by atoms with E-state index in [0.29, 0.717) is 18.6 Å². The van der Waals surface area contributed by atoms with Crippen LogP contribution in [0.5, 0.6) is 5.75 Å². The Balaban J connectivity index is 1.82. The zero-order valence-corrected chi connectivity index (χ0v) is 14.1. The number of benzene rings is 1. The van der Waals surface area contributed by atoms with Gasteiger partial charge in [-0.15, -0.1) is 11.6 Å². The van der Waals surface area contributed by atoms with Crippen molar-refractivity contribution in [1.29, 1.82) is 0 Å². The average molecular weight is 363 g/mol. The van der Waals surface area contributed by atoms with Gasteiger partial charge in [0.2, 0.25) is 0 Å². The molecule has 0 aliphatic carbocycles. The quantitative estimate of drug-likeness (QED) is 0.721. The normalized spacial score (nSPS) is 17.4. The summed E-state index contributed by atoms with van der Waals surface area (Å²) in [5.41, 5.74) is 1.30. The molecule has 1 aliphatic rings. The van der Waals surface area contributed by atoms with Crippen molar-refractivity contribution in [2.75, 3.05) is 32.7 Å². The summed E-state index contributed by atoms with van der Waals surface area (Å²) in [5.74, 6) is 1.46. The van der Waals surface area contributed by atoms with E-state index in [-0.39, 0.29) is 0 Å². The van der Waals surface area contributed by atoms with Crippen molar-refractivity contribution in [1.82, 2.24) is 4.90 Å². The largest absolute Gasteiger partial charge is 0.496 e. The maximum atomic E-state index is 5.70. The highest BCUT2D eigenvalue weighted by atomic mass is 79.9. The summed E-state index contributed by atoms with van der Waals surface area (Å²) in [6, 6.07) is 6.27. The fraction of sp³-hybridized carbons (Fsp3) is 0.600. The average Bonchev–Trinajstić information content (AvgIpc) is 2.47. The first kappa shape index (κ1) is 16.1. The Hall–Kier alpha value is -0.290. The molecule has 0 aromatic heterocycles. The molecule has 112 valence electrons. The molecule has 1 aromatic rings. The summed E-state index contributed by atoms with van der Waals surface area (Å²) in [6.45, 7) is 3.80. The Kier molecular flexibility index (Phi) is 6.62. The van der Waals surface area contributed by atoms with Gasteiger partial charge in [-0.1, -0.05) is 6.07 Å². The van der Waals surface area contributed by atoms with E-state index in [1.165, 1.54) is 5.56 Å². The van der Waals surface area contributed by atoms with Crippen LogP contribution >= 0.6 is 27.5 Å². The SMILES string of the molecule is COc1ccc(CN2CCC(OCCCl)CC2)cc1Br.